The van der Waals surface area contributed by atoms with Crippen molar-refractivity contribution in [2.24, 2.45) is 0 Å². The highest BCUT2D eigenvalue weighted by atomic mass is 32.2. The average Bonchev–Trinajstić information content (AvgIpc) is 3.37. The molecule has 0 aliphatic heterocycles. The molecule has 4 rings (SSSR count). The van der Waals surface area contributed by atoms with Gasteiger partial charge in [0, 0.05) is 34.8 Å². The van der Waals surface area contributed by atoms with Gasteiger partial charge in [0.05, 0.1) is 17.5 Å². The highest BCUT2D eigenvalue weighted by Gasteiger charge is 2.15. The Hall–Kier alpha value is -2.85. The lowest BCUT2D eigenvalue weighted by atomic mass is 10.0. The van der Waals surface area contributed by atoms with Crippen LogP contribution in [0, 0.1) is 0 Å². The van der Waals surface area contributed by atoms with Crippen molar-refractivity contribution in [1.82, 2.24) is 14.8 Å². The van der Waals surface area contributed by atoms with Gasteiger partial charge in [-0.15, -0.1) is 11.3 Å². The van der Waals surface area contributed by atoms with E-state index in [4.69, 9.17) is 9.65 Å². The van der Waals surface area contributed by atoms with E-state index in [9.17, 15) is 9.32 Å². The van der Waals surface area contributed by atoms with Crippen molar-refractivity contribution >= 4 is 28.3 Å². The molecule has 0 aliphatic rings. The largest absolute Gasteiger partial charge is 0.387 e. The third-order valence-electron chi connectivity index (χ3n) is 4.52. The molecule has 7 nitrogen and oxygen atoms in total. The smallest absolute Gasteiger partial charge is 0.259 e. The van der Waals surface area contributed by atoms with E-state index >= 15 is 0 Å². The van der Waals surface area contributed by atoms with Crippen molar-refractivity contribution in [3.05, 3.63) is 83.0 Å². The van der Waals surface area contributed by atoms with E-state index < -0.39 is 17.4 Å². The molecule has 0 saturated heterocycles. The highest BCUT2D eigenvalue weighted by molar-refractivity contribution is 7.80. The Morgan fingerprint density at radius 3 is 2.53 bits per heavy atom. The Bertz CT molecular complexity index is 1150. The molecular weight excluding hydrogens is 420 g/mol. The van der Waals surface area contributed by atoms with Crippen LogP contribution in [0.4, 0.5) is 5.69 Å². The van der Waals surface area contributed by atoms with Gasteiger partial charge in [0.2, 0.25) is 5.13 Å². The summed E-state index contributed by atoms with van der Waals surface area (Å²) in [5, 5.41) is 17.1. The zero-order chi connectivity index (χ0) is 21.1. The lowest BCUT2D eigenvalue weighted by molar-refractivity contribution is 0.195. The molecule has 0 radical (unpaired) electrons. The summed E-state index contributed by atoms with van der Waals surface area (Å²) in [6.45, 7) is 1.69. The number of benzene rings is 2. The van der Waals surface area contributed by atoms with Gasteiger partial charge in [0.25, 0.3) is 11.3 Å². The Morgan fingerprint density at radius 2 is 1.90 bits per heavy atom. The normalized spacial score (nSPS) is 13.2. The molecule has 3 N–H and O–H groups in total. The van der Waals surface area contributed by atoms with Crippen molar-refractivity contribution in [1.29, 1.82) is 0 Å². The van der Waals surface area contributed by atoms with Gasteiger partial charge in [-0.25, -0.2) is 13.9 Å². The molecule has 4 aromatic rings. The second kappa shape index (κ2) is 8.88. The zero-order valence-electron chi connectivity index (χ0n) is 16.1. The first-order chi connectivity index (χ1) is 14.5. The van der Waals surface area contributed by atoms with Gasteiger partial charge in [-0.3, -0.25) is 9.27 Å². The number of anilines is 1. The van der Waals surface area contributed by atoms with Crippen molar-refractivity contribution in [3.8, 4) is 16.4 Å². The van der Waals surface area contributed by atoms with Crippen LogP contribution in [0.1, 0.15) is 29.8 Å². The first-order valence-electron chi connectivity index (χ1n) is 9.24. The van der Waals surface area contributed by atoms with Crippen LogP contribution in [-0.4, -0.2) is 28.6 Å². The summed E-state index contributed by atoms with van der Waals surface area (Å²) in [6.07, 6.45) is 1.97. The van der Waals surface area contributed by atoms with E-state index in [1.54, 1.807) is 23.7 Å². The second-order valence-corrected chi connectivity index (χ2v) is 8.31. The van der Waals surface area contributed by atoms with Gasteiger partial charge in [0.15, 0.2) is 0 Å². The quantitative estimate of drug-likeness (QED) is 0.374. The van der Waals surface area contributed by atoms with Crippen molar-refractivity contribution in [2.45, 2.75) is 19.4 Å². The lowest BCUT2D eigenvalue weighted by Gasteiger charge is -2.05. The lowest BCUT2D eigenvalue weighted by Crippen LogP contribution is -2.01. The number of aliphatic hydroxyl groups is 1. The van der Waals surface area contributed by atoms with Crippen LogP contribution in [0.2, 0.25) is 0 Å². The van der Waals surface area contributed by atoms with Crippen LogP contribution in [0.25, 0.3) is 16.4 Å². The molecule has 0 saturated carbocycles. The van der Waals surface area contributed by atoms with Crippen LogP contribution < -0.4 is 4.72 Å². The summed E-state index contributed by atoms with van der Waals surface area (Å²) >= 11 is -0.665. The standard InChI is InChI=1S/C21H20N4O3S2/c1-14(26)19-13-29-21(22-19)25-12-17(20(23-25)16-5-3-2-4-6-16)11-15-7-9-18(10-8-15)24-30(27)28/h2-10,12-14,24,26H,11H2,1H3,(H,27,28). The number of hydrogen-bond donors (Lipinski definition) is 3. The van der Waals surface area contributed by atoms with Crippen LogP contribution in [0.5, 0.6) is 0 Å². The molecule has 30 heavy (non-hydrogen) atoms. The zero-order valence-corrected chi connectivity index (χ0v) is 17.7. The van der Waals surface area contributed by atoms with Crippen molar-refractivity contribution in [3.63, 3.8) is 0 Å². The summed E-state index contributed by atoms with van der Waals surface area (Å²) < 4.78 is 24.0. The van der Waals surface area contributed by atoms with Crippen LogP contribution in [0.15, 0.2) is 66.2 Å². The number of aliphatic hydroxyl groups excluding tert-OH is 1. The number of hydrogen-bond acceptors (Lipinski definition) is 5. The Morgan fingerprint density at radius 1 is 1.17 bits per heavy atom. The third-order valence-corrected chi connectivity index (χ3v) is 5.78. The van der Waals surface area contributed by atoms with Gasteiger partial charge in [-0.2, -0.15) is 5.10 Å². The van der Waals surface area contributed by atoms with Crippen molar-refractivity contribution < 1.29 is 13.9 Å². The van der Waals surface area contributed by atoms with Crippen LogP contribution in [-0.2, 0) is 17.7 Å². The third kappa shape index (κ3) is 4.65. The molecule has 2 heterocycles. The van der Waals surface area contributed by atoms with Gasteiger partial charge in [-0.1, -0.05) is 42.5 Å². The topological polar surface area (TPSA) is 100 Å². The molecule has 2 aromatic carbocycles. The minimum Gasteiger partial charge on any atom is -0.387 e. The fraction of sp³-hybridized carbons (Fsp3) is 0.143. The Labute approximate surface area is 180 Å². The minimum atomic E-state index is -2.10. The van der Waals surface area contributed by atoms with Crippen molar-refractivity contribution in [2.75, 3.05) is 4.72 Å². The fourth-order valence-electron chi connectivity index (χ4n) is 3.06. The molecule has 154 valence electrons. The molecule has 2 unspecified atom stereocenters. The summed E-state index contributed by atoms with van der Waals surface area (Å²) in [7, 11) is 0. The van der Waals surface area contributed by atoms with Gasteiger partial charge >= 0.3 is 0 Å². The van der Waals surface area contributed by atoms with E-state index in [0.717, 1.165) is 22.4 Å². The van der Waals surface area contributed by atoms with E-state index in [1.807, 2.05) is 54.0 Å². The van der Waals surface area contributed by atoms with Gasteiger partial charge in [-0.05, 0) is 24.6 Å². The molecular formula is C21H20N4O3S2. The summed E-state index contributed by atoms with van der Waals surface area (Å²) in [5.41, 5.74) is 5.14. The maximum absolute atomic E-state index is 10.9. The maximum atomic E-state index is 10.9. The molecule has 0 amide bonds. The predicted octanol–water partition coefficient (Wildman–Crippen LogP) is 4.19. The van der Waals surface area contributed by atoms with Gasteiger partial charge < -0.3 is 5.11 Å². The maximum Gasteiger partial charge on any atom is 0.259 e. The average molecular weight is 441 g/mol. The van der Waals surface area contributed by atoms with Gasteiger partial charge in [0.1, 0.15) is 0 Å². The molecule has 2 atom stereocenters. The predicted molar refractivity (Wildman–Crippen MR) is 119 cm³/mol. The first kappa shape index (κ1) is 20.4. The summed E-state index contributed by atoms with van der Waals surface area (Å²) in [4.78, 5) is 4.48. The number of aromatic nitrogens is 3. The second-order valence-electron chi connectivity index (χ2n) is 6.77. The van der Waals surface area contributed by atoms with E-state index in [-0.39, 0.29) is 0 Å². The molecule has 0 fully saturated rings. The first-order valence-corrected chi connectivity index (χ1v) is 11.2. The van der Waals surface area contributed by atoms with E-state index in [2.05, 4.69) is 9.71 Å². The van der Waals surface area contributed by atoms with Crippen LogP contribution in [0.3, 0.4) is 0 Å². The monoisotopic (exact) mass is 440 g/mol. The molecule has 0 aliphatic carbocycles. The summed E-state index contributed by atoms with van der Waals surface area (Å²) in [6, 6.07) is 17.3. The number of thiazole rings is 1. The number of rotatable bonds is 7. The minimum absolute atomic E-state index is 0.576. The molecule has 9 heteroatoms. The number of nitrogens with zero attached hydrogens (tertiary/aromatic N) is 3. The SMILES string of the molecule is CC(O)c1csc(-n2cc(Cc3ccc(NS(=O)O)cc3)c(-c3ccccc3)n2)n1. The van der Waals surface area contributed by atoms with E-state index in [0.29, 0.717) is 22.9 Å². The molecule has 0 bridgehead atoms. The number of nitrogens with one attached hydrogen (secondary N) is 1. The Balaban J connectivity index is 1.68. The summed E-state index contributed by atoms with van der Waals surface area (Å²) in [5.74, 6) is 0. The van der Waals surface area contributed by atoms with E-state index in [1.165, 1.54) is 11.3 Å². The van der Waals surface area contributed by atoms with Crippen LogP contribution >= 0.6 is 11.3 Å². The molecule has 0 spiro atoms. The fourth-order valence-corrected chi connectivity index (χ4v) is 4.23. The molecule has 2 aromatic heterocycles. The Kier molecular flexibility index (Phi) is 6.05. The highest BCUT2D eigenvalue weighted by Crippen LogP contribution is 2.27.